The maximum atomic E-state index is 8.80. The van der Waals surface area contributed by atoms with E-state index in [4.69, 9.17) is 14.5 Å². The predicted molar refractivity (Wildman–Crippen MR) is 68.5 cm³/mol. The molecule has 0 bridgehead atoms. The molecule has 19 heavy (non-hydrogen) atoms. The van der Waals surface area contributed by atoms with Crippen molar-refractivity contribution in [1.29, 1.82) is 5.26 Å². The highest BCUT2D eigenvalue weighted by Gasteiger charge is 2.25. The number of rotatable bonds is 2. The van der Waals surface area contributed by atoms with Gasteiger partial charge < -0.3 is 14.2 Å². The smallest absolute Gasteiger partial charge is 0.268 e. The molecule has 1 unspecified atom stereocenters. The van der Waals surface area contributed by atoms with Crippen LogP contribution in [0.3, 0.4) is 0 Å². The maximum absolute atomic E-state index is 8.80. The van der Waals surface area contributed by atoms with Gasteiger partial charge in [-0.3, -0.25) is 0 Å². The lowest BCUT2D eigenvalue weighted by molar-refractivity contribution is -0.0264. The molecule has 7 heteroatoms. The second-order valence-corrected chi connectivity index (χ2v) is 5.44. The van der Waals surface area contributed by atoms with Crippen LogP contribution in [0.25, 0.3) is 10.8 Å². The molecule has 3 rings (SSSR count). The Morgan fingerprint density at radius 2 is 2.42 bits per heavy atom. The first-order valence-corrected chi connectivity index (χ1v) is 6.72. The van der Waals surface area contributed by atoms with Crippen molar-refractivity contribution in [1.82, 2.24) is 15.0 Å². The predicted octanol–water partition coefficient (Wildman–Crippen LogP) is 1.67. The van der Waals surface area contributed by atoms with E-state index in [1.807, 2.05) is 13.1 Å². The van der Waals surface area contributed by atoms with Crippen molar-refractivity contribution < 1.29 is 9.26 Å². The Hall–Kier alpha value is -1.75. The third-order valence-electron chi connectivity index (χ3n) is 2.93. The molecule has 3 heterocycles. The van der Waals surface area contributed by atoms with E-state index in [-0.39, 0.29) is 6.10 Å². The lowest BCUT2D eigenvalue weighted by Crippen LogP contribution is -2.35. The van der Waals surface area contributed by atoms with Gasteiger partial charge in [-0.25, -0.2) is 0 Å². The van der Waals surface area contributed by atoms with E-state index in [2.05, 4.69) is 21.1 Å². The minimum atomic E-state index is -0.147. The van der Waals surface area contributed by atoms with Crippen LogP contribution < -0.4 is 0 Å². The molecule has 0 N–H and O–H groups in total. The zero-order valence-corrected chi connectivity index (χ0v) is 11.2. The molecule has 0 spiro atoms. The summed E-state index contributed by atoms with van der Waals surface area (Å²) < 4.78 is 10.9. The summed E-state index contributed by atoms with van der Waals surface area (Å²) >= 11 is 1.34. The first-order chi connectivity index (χ1) is 9.26. The lowest BCUT2D eigenvalue weighted by atomic mass is 10.3. The van der Waals surface area contributed by atoms with Crippen LogP contribution in [-0.2, 0) is 4.74 Å². The number of thiophene rings is 1. The minimum absolute atomic E-state index is 0.147. The molecule has 6 nitrogen and oxygen atoms in total. The Bertz CT molecular complexity index is 615. The van der Waals surface area contributed by atoms with Gasteiger partial charge in [0.15, 0.2) is 0 Å². The van der Waals surface area contributed by atoms with Gasteiger partial charge in [0.05, 0.1) is 11.5 Å². The third kappa shape index (κ3) is 2.51. The number of hydrogen-bond acceptors (Lipinski definition) is 7. The standard InChI is InChI=1S/C12H12N4O2S/c1-16-4-5-17-9(7-16)11-14-12(18-15-11)10-3-2-8(6-13)19-10/h2-3,9H,4-5,7H2,1H3. The average molecular weight is 276 g/mol. The van der Waals surface area contributed by atoms with Crippen LogP contribution in [0, 0.1) is 11.3 Å². The number of aromatic nitrogens is 2. The van der Waals surface area contributed by atoms with E-state index in [9.17, 15) is 0 Å². The van der Waals surface area contributed by atoms with Gasteiger partial charge in [-0.1, -0.05) is 5.16 Å². The summed E-state index contributed by atoms with van der Waals surface area (Å²) in [7, 11) is 2.04. The van der Waals surface area contributed by atoms with Crippen LogP contribution in [-0.4, -0.2) is 41.8 Å². The van der Waals surface area contributed by atoms with Gasteiger partial charge >= 0.3 is 0 Å². The molecule has 1 saturated heterocycles. The molecule has 1 atom stereocenters. The highest BCUT2D eigenvalue weighted by molar-refractivity contribution is 7.15. The summed E-state index contributed by atoms with van der Waals surface area (Å²) in [5, 5.41) is 12.8. The molecule has 98 valence electrons. The monoisotopic (exact) mass is 276 g/mol. The van der Waals surface area contributed by atoms with E-state index < -0.39 is 0 Å². The zero-order valence-electron chi connectivity index (χ0n) is 10.4. The number of nitriles is 1. The number of hydrogen-bond donors (Lipinski definition) is 0. The van der Waals surface area contributed by atoms with E-state index >= 15 is 0 Å². The maximum Gasteiger partial charge on any atom is 0.268 e. The van der Waals surface area contributed by atoms with Crippen LogP contribution in [0.5, 0.6) is 0 Å². The summed E-state index contributed by atoms with van der Waals surface area (Å²) in [6.45, 7) is 2.34. The van der Waals surface area contributed by atoms with Crippen LogP contribution in [0.2, 0.25) is 0 Å². The summed E-state index contributed by atoms with van der Waals surface area (Å²) in [5.74, 6) is 1.01. The van der Waals surface area contributed by atoms with E-state index in [1.165, 1.54) is 11.3 Å². The van der Waals surface area contributed by atoms with Gasteiger partial charge in [-0.05, 0) is 19.2 Å². The van der Waals surface area contributed by atoms with Crippen LogP contribution in [0.1, 0.15) is 16.8 Å². The summed E-state index contributed by atoms with van der Waals surface area (Å²) in [6, 6.07) is 5.65. The molecule has 1 aliphatic heterocycles. The van der Waals surface area contributed by atoms with Gasteiger partial charge in [-0.15, -0.1) is 11.3 Å². The largest absolute Gasteiger partial charge is 0.367 e. The molecule has 0 aliphatic carbocycles. The van der Waals surface area contributed by atoms with Gasteiger partial charge in [0.1, 0.15) is 17.1 Å². The summed E-state index contributed by atoms with van der Waals surface area (Å²) in [4.78, 5) is 7.96. The van der Waals surface area contributed by atoms with Crippen molar-refractivity contribution >= 4 is 11.3 Å². The second-order valence-electron chi connectivity index (χ2n) is 4.36. The Morgan fingerprint density at radius 1 is 1.53 bits per heavy atom. The fraction of sp³-hybridized carbons (Fsp3) is 0.417. The molecule has 0 saturated carbocycles. The van der Waals surface area contributed by atoms with E-state index in [1.54, 1.807) is 6.07 Å². The Morgan fingerprint density at radius 3 is 3.16 bits per heavy atom. The average Bonchev–Trinajstić information content (AvgIpc) is 3.07. The molecule has 2 aromatic rings. The van der Waals surface area contributed by atoms with Crippen molar-refractivity contribution in [2.75, 3.05) is 26.7 Å². The topological polar surface area (TPSA) is 75.2 Å². The van der Waals surface area contributed by atoms with Crippen molar-refractivity contribution in [3.63, 3.8) is 0 Å². The molecule has 1 fully saturated rings. The first kappa shape index (κ1) is 12.3. The second kappa shape index (κ2) is 5.09. The Balaban J connectivity index is 1.81. The highest BCUT2D eigenvalue weighted by Crippen LogP contribution is 2.28. The Kier molecular flexibility index (Phi) is 3.29. The van der Waals surface area contributed by atoms with Crippen LogP contribution >= 0.6 is 11.3 Å². The molecular formula is C12H12N4O2S. The SMILES string of the molecule is CN1CCOC(c2noc(-c3ccc(C#N)s3)n2)C1. The van der Waals surface area contributed by atoms with Crippen LogP contribution in [0.4, 0.5) is 0 Å². The molecule has 2 aromatic heterocycles. The normalized spacial score (nSPS) is 20.3. The number of likely N-dealkylation sites (N-methyl/N-ethyl adjacent to an activating group) is 1. The molecular weight excluding hydrogens is 264 g/mol. The van der Waals surface area contributed by atoms with E-state index in [0.29, 0.717) is 23.2 Å². The fourth-order valence-corrected chi connectivity index (χ4v) is 2.64. The fourth-order valence-electron chi connectivity index (χ4n) is 1.91. The quantitative estimate of drug-likeness (QED) is 0.830. The first-order valence-electron chi connectivity index (χ1n) is 5.90. The van der Waals surface area contributed by atoms with Crippen LogP contribution in [0.15, 0.2) is 16.7 Å². The van der Waals surface area contributed by atoms with Gasteiger partial charge in [-0.2, -0.15) is 10.2 Å². The lowest BCUT2D eigenvalue weighted by Gasteiger charge is -2.27. The zero-order chi connectivity index (χ0) is 13.2. The van der Waals surface area contributed by atoms with Crippen molar-refractivity contribution in [2.24, 2.45) is 0 Å². The molecule has 0 aromatic carbocycles. The Labute approximate surface area is 114 Å². The minimum Gasteiger partial charge on any atom is -0.367 e. The van der Waals surface area contributed by atoms with E-state index in [0.717, 1.165) is 18.0 Å². The van der Waals surface area contributed by atoms with Gasteiger partial charge in [0.2, 0.25) is 5.82 Å². The summed E-state index contributed by atoms with van der Waals surface area (Å²) in [6.07, 6.45) is -0.147. The third-order valence-corrected chi connectivity index (χ3v) is 3.90. The number of ether oxygens (including phenoxy) is 1. The molecule has 0 amide bonds. The number of morpholine rings is 1. The van der Waals surface area contributed by atoms with Gasteiger partial charge in [0.25, 0.3) is 5.89 Å². The summed E-state index contributed by atoms with van der Waals surface area (Å²) in [5.41, 5.74) is 0. The molecule has 0 radical (unpaired) electrons. The van der Waals surface area contributed by atoms with Crippen molar-refractivity contribution in [3.8, 4) is 16.8 Å². The van der Waals surface area contributed by atoms with Crippen molar-refractivity contribution in [2.45, 2.75) is 6.10 Å². The van der Waals surface area contributed by atoms with Gasteiger partial charge in [0, 0.05) is 13.1 Å². The molecule has 1 aliphatic rings. The van der Waals surface area contributed by atoms with Crippen molar-refractivity contribution in [3.05, 3.63) is 22.8 Å². The number of nitrogens with zero attached hydrogens (tertiary/aromatic N) is 4. The highest BCUT2D eigenvalue weighted by atomic mass is 32.1.